The van der Waals surface area contributed by atoms with Gasteiger partial charge in [0.25, 0.3) is 0 Å². The van der Waals surface area contributed by atoms with Crippen LogP contribution in [0.15, 0.2) is 0 Å². The summed E-state index contributed by atoms with van der Waals surface area (Å²) < 4.78 is 0. The summed E-state index contributed by atoms with van der Waals surface area (Å²) >= 11 is 0. The van der Waals surface area contributed by atoms with Crippen LogP contribution in [0.1, 0.15) is 70.6 Å². The molecule has 6 nitrogen and oxygen atoms in total. The van der Waals surface area contributed by atoms with Crippen LogP contribution in [-0.4, -0.2) is 45.5 Å². The standard InChI is InChI=1S/C21H28N2O4/c24-17(16-4-2-1-3-5-16)12-22-18(25)19(26)23(20(22)27)21-9-13-6-14(10-21)8-15(7-13)11-21/h13-16H,1-12H2. The van der Waals surface area contributed by atoms with Crippen LogP contribution in [-0.2, 0) is 14.4 Å². The number of ketones is 1. The third-order valence-electron chi connectivity index (χ3n) is 7.91. The van der Waals surface area contributed by atoms with Gasteiger partial charge in [-0.3, -0.25) is 14.4 Å². The highest BCUT2D eigenvalue weighted by Crippen LogP contribution is 2.58. The Kier molecular flexibility index (Phi) is 3.96. The number of urea groups is 1. The van der Waals surface area contributed by atoms with E-state index in [1.165, 1.54) is 24.2 Å². The Hall–Kier alpha value is -1.72. The summed E-state index contributed by atoms with van der Waals surface area (Å²) in [6.45, 7) is -0.225. The Bertz CT molecular complexity index is 674. The molecule has 6 fully saturated rings. The van der Waals surface area contributed by atoms with Crippen molar-refractivity contribution in [2.24, 2.45) is 23.7 Å². The lowest BCUT2D eigenvalue weighted by Gasteiger charge is -2.58. The molecule has 146 valence electrons. The molecular weight excluding hydrogens is 344 g/mol. The molecule has 0 unspecified atom stereocenters. The molecule has 6 aliphatic rings. The number of hydrogen-bond acceptors (Lipinski definition) is 4. The summed E-state index contributed by atoms with van der Waals surface area (Å²) in [5, 5.41) is 0. The van der Waals surface area contributed by atoms with E-state index in [4.69, 9.17) is 0 Å². The average molecular weight is 372 g/mol. The van der Waals surface area contributed by atoms with Gasteiger partial charge in [-0.1, -0.05) is 19.3 Å². The Morgan fingerprint density at radius 3 is 1.96 bits per heavy atom. The molecule has 0 aromatic rings. The van der Waals surface area contributed by atoms with E-state index in [-0.39, 0.29) is 18.2 Å². The highest BCUT2D eigenvalue weighted by molar-refractivity contribution is 6.45. The average Bonchev–Trinajstić information content (AvgIpc) is 2.85. The van der Waals surface area contributed by atoms with Crippen molar-refractivity contribution in [1.82, 2.24) is 9.80 Å². The normalized spacial score (nSPS) is 39.0. The fourth-order valence-electron chi connectivity index (χ4n) is 7.11. The van der Waals surface area contributed by atoms with Crippen LogP contribution < -0.4 is 0 Å². The summed E-state index contributed by atoms with van der Waals surface area (Å²) in [7, 11) is 0. The van der Waals surface area contributed by atoms with Crippen molar-refractivity contribution in [2.75, 3.05) is 6.54 Å². The van der Waals surface area contributed by atoms with Crippen LogP contribution >= 0.6 is 0 Å². The van der Waals surface area contributed by atoms with Crippen LogP contribution in [0.3, 0.4) is 0 Å². The van der Waals surface area contributed by atoms with E-state index in [0.717, 1.165) is 56.3 Å². The zero-order chi connectivity index (χ0) is 18.8. The predicted octanol–water partition coefficient (Wildman–Crippen LogP) is 2.90. The fourth-order valence-corrected chi connectivity index (χ4v) is 7.11. The van der Waals surface area contributed by atoms with Crippen molar-refractivity contribution in [3.8, 4) is 0 Å². The first kappa shape index (κ1) is 17.4. The topological polar surface area (TPSA) is 74.8 Å². The Balaban J connectivity index is 1.36. The van der Waals surface area contributed by atoms with Crippen LogP contribution in [0, 0.1) is 23.7 Å². The van der Waals surface area contributed by atoms with Gasteiger partial charge in [0.15, 0.2) is 5.78 Å². The molecule has 4 amide bonds. The number of hydrogen-bond donors (Lipinski definition) is 0. The van der Waals surface area contributed by atoms with Crippen LogP contribution in [0.5, 0.6) is 0 Å². The summed E-state index contributed by atoms with van der Waals surface area (Å²) in [6, 6.07) is -0.531. The maximum atomic E-state index is 13.1. The predicted molar refractivity (Wildman–Crippen MR) is 96.4 cm³/mol. The number of carbonyl (C=O) groups is 4. The molecule has 6 heteroatoms. The van der Waals surface area contributed by atoms with Crippen molar-refractivity contribution in [3.05, 3.63) is 0 Å². The zero-order valence-electron chi connectivity index (χ0n) is 15.8. The van der Waals surface area contributed by atoms with Crippen molar-refractivity contribution in [2.45, 2.75) is 76.2 Å². The monoisotopic (exact) mass is 372 g/mol. The molecule has 5 saturated carbocycles. The third-order valence-corrected chi connectivity index (χ3v) is 7.91. The molecule has 0 atom stereocenters. The van der Waals surface area contributed by atoms with Crippen molar-refractivity contribution < 1.29 is 19.2 Å². The number of amides is 4. The van der Waals surface area contributed by atoms with Crippen LogP contribution in [0.4, 0.5) is 4.79 Å². The number of carbonyl (C=O) groups excluding carboxylic acids is 4. The van der Waals surface area contributed by atoms with Crippen LogP contribution in [0.2, 0.25) is 0 Å². The fraction of sp³-hybridized carbons (Fsp3) is 0.810. The molecule has 4 bridgehead atoms. The highest BCUT2D eigenvalue weighted by Gasteiger charge is 2.61. The van der Waals surface area contributed by atoms with Crippen molar-refractivity contribution in [3.63, 3.8) is 0 Å². The first-order valence-corrected chi connectivity index (χ1v) is 10.7. The molecular formula is C21H28N2O4. The second-order valence-corrected chi connectivity index (χ2v) is 9.76. The van der Waals surface area contributed by atoms with E-state index < -0.39 is 23.4 Å². The van der Waals surface area contributed by atoms with Gasteiger partial charge in [0.2, 0.25) is 0 Å². The smallest absolute Gasteiger partial charge is 0.297 e. The number of nitrogens with zero attached hydrogens (tertiary/aromatic N) is 2. The summed E-state index contributed by atoms with van der Waals surface area (Å²) in [6.07, 6.45) is 11.0. The lowest BCUT2D eigenvalue weighted by molar-refractivity contribution is -0.150. The Morgan fingerprint density at radius 1 is 0.852 bits per heavy atom. The van der Waals surface area contributed by atoms with Crippen molar-refractivity contribution in [1.29, 1.82) is 0 Å². The maximum Gasteiger partial charge on any atom is 0.335 e. The van der Waals surface area contributed by atoms with E-state index in [0.29, 0.717) is 17.8 Å². The Morgan fingerprint density at radius 2 is 1.41 bits per heavy atom. The van der Waals surface area contributed by atoms with Gasteiger partial charge in [0.05, 0.1) is 12.1 Å². The van der Waals surface area contributed by atoms with E-state index in [2.05, 4.69) is 0 Å². The molecule has 0 radical (unpaired) electrons. The minimum absolute atomic E-state index is 0.0587. The van der Waals surface area contributed by atoms with Gasteiger partial charge in [0.1, 0.15) is 0 Å². The second-order valence-electron chi connectivity index (χ2n) is 9.76. The van der Waals surface area contributed by atoms with Crippen molar-refractivity contribution >= 4 is 23.6 Å². The molecule has 0 aromatic heterocycles. The van der Waals surface area contributed by atoms with Gasteiger partial charge in [-0.25, -0.2) is 14.6 Å². The van der Waals surface area contributed by atoms with E-state index in [1.807, 2.05) is 0 Å². The number of Topliss-reactive ketones (excluding diaryl/α,β-unsaturated/α-hetero) is 1. The van der Waals surface area contributed by atoms with Gasteiger partial charge >= 0.3 is 17.8 Å². The first-order valence-electron chi connectivity index (χ1n) is 10.7. The molecule has 0 aromatic carbocycles. The molecule has 27 heavy (non-hydrogen) atoms. The molecule has 0 spiro atoms. The van der Waals surface area contributed by atoms with Gasteiger partial charge in [-0.2, -0.15) is 0 Å². The van der Waals surface area contributed by atoms with E-state index in [1.54, 1.807) is 0 Å². The molecule has 1 saturated heterocycles. The lowest BCUT2D eigenvalue weighted by Crippen LogP contribution is -2.62. The second kappa shape index (κ2) is 6.14. The van der Waals surface area contributed by atoms with Gasteiger partial charge in [-0.05, 0) is 69.1 Å². The quantitative estimate of drug-likeness (QED) is 0.562. The lowest BCUT2D eigenvalue weighted by atomic mass is 9.52. The van der Waals surface area contributed by atoms with Gasteiger partial charge in [-0.15, -0.1) is 0 Å². The zero-order valence-corrected chi connectivity index (χ0v) is 15.8. The highest BCUT2D eigenvalue weighted by atomic mass is 16.2. The SMILES string of the molecule is O=C(CN1C(=O)C(=O)N(C23CC4CC(CC(C4)C2)C3)C1=O)C1CCCCC1. The Labute approximate surface area is 159 Å². The minimum atomic E-state index is -0.792. The summed E-state index contributed by atoms with van der Waals surface area (Å²) in [4.78, 5) is 53.4. The van der Waals surface area contributed by atoms with Crippen LogP contribution in [0.25, 0.3) is 0 Å². The first-order chi connectivity index (χ1) is 13.0. The van der Waals surface area contributed by atoms with Gasteiger partial charge < -0.3 is 0 Å². The molecule has 0 N–H and O–H groups in total. The molecule has 6 rings (SSSR count). The summed E-state index contributed by atoms with van der Waals surface area (Å²) in [5.41, 5.74) is -0.471. The largest absolute Gasteiger partial charge is 0.335 e. The summed E-state index contributed by atoms with van der Waals surface area (Å²) in [5.74, 6) is 0.109. The van der Waals surface area contributed by atoms with Gasteiger partial charge in [0, 0.05) is 5.92 Å². The minimum Gasteiger partial charge on any atom is -0.297 e. The third kappa shape index (κ3) is 2.66. The molecule has 5 aliphatic carbocycles. The number of imide groups is 2. The molecule has 1 heterocycles. The number of rotatable bonds is 4. The van der Waals surface area contributed by atoms with E-state index >= 15 is 0 Å². The molecule has 1 aliphatic heterocycles. The maximum absolute atomic E-state index is 13.1. The van der Waals surface area contributed by atoms with E-state index in [9.17, 15) is 19.2 Å².